The van der Waals surface area contributed by atoms with Crippen molar-refractivity contribution in [2.45, 2.75) is 57.9 Å². The molecule has 2 aromatic rings. The lowest BCUT2D eigenvalue weighted by molar-refractivity contribution is -0.124. The fraction of sp³-hybridized carbons (Fsp3) is 0.407. The van der Waals surface area contributed by atoms with E-state index in [9.17, 15) is 9.59 Å². The molecule has 5 rings (SSSR count). The lowest BCUT2D eigenvalue weighted by Crippen LogP contribution is -2.54. The molecule has 0 saturated carbocycles. The fourth-order valence-corrected chi connectivity index (χ4v) is 6.73. The predicted molar refractivity (Wildman–Crippen MR) is 135 cm³/mol. The highest BCUT2D eigenvalue weighted by Crippen LogP contribution is 2.60. The summed E-state index contributed by atoms with van der Waals surface area (Å²) in [6, 6.07) is 12.0. The van der Waals surface area contributed by atoms with Gasteiger partial charge in [-0.2, -0.15) is 0 Å². The Morgan fingerprint density at radius 3 is 2.42 bits per heavy atom. The standard InChI is InChI=1S/C27H30N2O3S/c1-7-32-20-12-21-17(4)14-26(5,6)29-24(21)22(13-20)27(25(29)31)28(23(30)15-33-27)19-10-8-18(9-11-19)16(2)3/h8-14,16H,7,15H2,1-6H3. The molecule has 1 unspecified atom stereocenters. The molecule has 0 bridgehead atoms. The van der Waals surface area contributed by atoms with Crippen molar-refractivity contribution in [1.82, 2.24) is 0 Å². The molecule has 0 aromatic heterocycles. The van der Waals surface area contributed by atoms with Gasteiger partial charge in [-0.1, -0.05) is 32.1 Å². The molecule has 1 fully saturated rings. The van der Waals surface area contributed by atoms with Crippen LogP contribution in [0.1, 0.15) is 64.2 Å². The van der Waals surface area contributed by atoms with Crippen molar-refractivity contribution in [3.05, 3.63) is 59.2 Å². The third-order valence-electron chi connectivity index (χ3n) is 6.83. The summed E-state index contributed by atoms with van der Waals surface area (Å²) in [6.07, 6.45) is 2.13. The van der Waals surface area contributed by atoms with Crippen molar-refractivity contribution < 1.29 is 14.3 Å². The number of fused-ring (bicyclic) bond motifs is 1. The summed E-state index contributed by atoms with van der Waals surface area (Å²) < 4.78 is 5.91. The molecule has 0 radical (unpaired) electrons. The van der Waals surface area contributed by atoms with Crippen molar-refractivity contribution in [3.63, 3.8) is 0 Å². The van der Waals surface area contributed by atoms with Gasteiger partial charge < -0.3 is 4.74 Å². The number of allylic oxidation sites excluding steroid dienone is 1. The summed E-state index contributed by atoms with van der Waals surface area (Å²) in [5, 5.41) is 0. The number of ether oxygens (including phenoxy) is 1. The zero-order valence-electron chi connectivity index (χ0n) is 20.1. The van der Waals surface area contributed by atoms with E-state index in [1.807, 2.05) is 36.1 Å². The van der Waals surface area contributed by atoms with Crippen LogP contribution >= 0.6 is 11.8 Å². The van der Waals surface area contributed by atoms with Gasteiger partial charge in [-0.25, -0.2) is 0 Å². The average Bonchev–Trinajstić information content (AvgIpc) is 3.23. The molecule has 172 valence electrons. The van der Waals surface area contributed by atoms with E-state index in [1.165, 1.54) is 17.3 Å². The van der Waals surface area contributed by atoms with Gasteiger partial charge in [0.2, 0.25) is 10.8 Å². The fourth-order valence-electron chi connectivity index (χ4n) is 5.41. The lowest BCUT2D eigenvalue weighted by atomic mass is 9.89. The molecular weight excluding hydrogens is 432 g/mol. The van der Waals surface area contributed by atoms with Crippen molar-refractivity contribution in [2.75, 3.05) is 22.2 Å². The van der Waals surface area contributed by atoms with Crippen LogP contribution in [-0.4, -0.2) is 29.7 Å². The van der Waals surface area contributed by atoms with E-state index in [4.69, 9.17) is 4.74 Å². The van der Waals surface area contributed by atoms with Crippen molar-refractivity contribution in [1.29, 1.82) is 0 Å². The minimum atomic E-state index is -1.14. The van der Waals surface area contributed by atoms with Crippen LogP contribution in [0, 0.1) is 0 Å². The number of amides is 2. The highest BCUT2D eigenvalue weighted by atomic mass is 32.2. The lowest BCUT2D eigenvalue weighted by Gasteiger charge is -2.40. The van der Waals surface area contributed by atoms with Crippen LogP contribution < -0.4 is 14.5 Å². The second kappa shape index (κ2) is 7.39. The monoisotopic (exact) mass is 462 g/mol. The third kappa shape index (κ3) is 2.99. The quantitative estimate of drug-likeness (QED) is 0.586. The topological polar surface area (TPSA) is 49.9 Å². The number of hydrogen-bond acceptors (Lipinski definition) is 4. The van der Waals surface area contributed by atoms with Gasteiger partial charge in [0, 0.05) is 16.8 Å². The Morgan fingerprint density at radius 2 is 1.79 bits per heavy atom. The predicted octanol–water partition coefficient (Wildman–Crippen LogP) is 5.68. The van der Waals surface area contributed by atoms with E-state index in [0.29, 0.717) is 12.5 Å². The normalized spacial score (nSPS) is 22.9. The first kappa shape index (κ1) is 22.1. The number of benzene rings is 2. The first-order valence-corrected chi connectivity index (χ1v) is 12.5. The zero-order chi connectivity index (χ0) is 23.7. The molecule has 3 aliphatic rings. The van der Waals surface area contributed by atoms with E-state index < -0.39 is 10.4 Å². The van der Waals surface area contributed by atoms with Gasteiger partial charge in [0.05, 0.1) is 23.6 Å². The third-order valence-corrected chi connectivity index (χ3v) is 8.22. The Kier molecular flexibility index (Phi) is 4.94. The van der Waals surface area contributed by atoms with Crippen LogP contribution in [-0.2, 0) is 14.5 Å². The van der Waals surface area contributed by atoms with Gasteiger partial charge in [-0.15, -0.1) is 11.8 Å². The summed E-state index contributed by atoms with van der Waals surface area (Å²) in [6.45, 7) is 13.0. The number of hydrogen-bond donors (Lipinski definition) is 0. The first-order chi connectivity index (χ1) is 15.6. The molecule has 1 saturated heterocycles. The van der Waals surface area contributed by atoms with Crippen LogP contribution in [0.4, 0.5) is 11.4 Å². The van der Waals surface area contributed by atoms with E-state index in [-0.39, 0.29) is 17.6 Å². The average molecular weight is 463 g/mol. The molecule has 1 spiro atoms. The Morgan fingerprint density at radius 1 is 1.09 bits per heavy atom. The van der Waals surface area contributed by atoms with Crippen molar-refractivity contribution in [2.24, 2.45) is 0 Å². The molecule has 2 aromatic carbocycles. The highest BCUT2D eigenvalue weighted by Gasteiger charge is 2.64. The Bertz CT molecular complexity index is 1200. The maximum atomic E-state index is 14.3. The van der Waals surface area contributed by atoms with Gasteiger partial charge in [-0.3, -0.25) is 19.4 Å². The van der Waals surface area contributed by atoms with E-state index in [0.717, 1.165) is 33.8 Å². The van der Waals surface area contributed by atoms with Crippen molar-refractivity contribution in [3.8, 4) is 5.75 Å². The van der Waals surface area contributed by atoms with Gasteiger partial charge in [0.25, 0.3) is 5.91 Å². The molecule has 3 heterocycles. The van der Waals surface area contributed by atoms with Gasteiger partial charge in [0.15, 0.2) is 0 Å². The number of anilines is 2. The van der Waals surface area contributed by atoms with E-state index >= 15 is 0 Å². The second-order valence-electron chi connectivity index (χ2n) is 9.83. The van der Waals surface area contributed by atoms with Crippen molar-refractivity contribution >= 4 is 40.5 Å². The first-order valence-electron chi connectivity index (χ1n) is 11.5. The number of thioether (sulfide) groups is 1. The Hall–Kier alpha value is -2.73. The minimum absolute atomic E-state index is 0.0523. The molecule has 1 atom stereocenters. The summed E-state index contributed by atoms with van der Waals surface area (Å²) >= 11 is 1.42. The largest absolute Gasteiger partial charge is 0.494 e. The van der Waals surface area contributed by atoms with Crippen LogP contribution in [0.2, 0.25) is 0 Å². The summed E-state index contributed by atoms with van der Waals surface area (Å²) in [7, 11) is 0. The van der Waals surface area contributed by atoms with Crippen LogP contribution in [0.15, 0.2) is 42.5 Å². The molecular formula is C27H30N2O3S. The van der Waals surface area contributed by atoms with Gasteiger partial charge in [0.1, 0.15) is 5.75 Å². The number of nitrogens with zero attached hydrogens (tertiary/aromatic N) is 2. The molecule has 33 heavy (non-hydrogen) atoms. The molecule has 5 nitrogen and oxygen atoms in total. The Balaban J connectivity index is 1.76. The van der Waals surface area contributed by atoms with Crippen LogP contribution in [0.3, 0.4) is 0 Å². The maximum Gasteiger partial charge on any atom is 0.269 e. The molecule has 2 amide bonds. The molecule has 0 aliphatic carbocycles. The smallest absolute Gasteiger partial charge is 0.269 e. The highest BCUT2D eigenvalue weighted by molar-refractivity contribution is 8.02. The van der Waals surface area contributed by atoms with Crippen LogP contribution in [0.25, 0.3) is 5.57 Å². The zero-order valence-corrected chi connectivity index (χ0v) is 20.9. The second-order valence-corrected chi connectivity index (χ2v) is 11.0. The van der Waals surface area contributed by atoms with Gasteiger partial charge >= 0.3 is 0 Å². The molecule has 0 N–H and O–H groups in total. The number of carbonyl (C=O) groups excluding carboxylic acids is 2. The van der Waals surface area contributed by atoms with Gasteiger partial charge in [-0.05, 0) is 69.0 Å². The Labute approximate surface area is 199 Å². The summed E-state index contributed by atoms with van der Waals surface area (Å²) in [5.41, 5.74) is 5.31. The van der Waals surface area contributed by atoms with Crippen LogP contribution in [0.5, 0.6) is 5.75 Å². The number of carbonyl (C=O) groups is 2. The molecule has 3 aliphatic heterocycles. The SMILES string of the molecule is CCOc1cc2c3c(c1)C1(SCC(=O)N1c1ccc(C(C)C)cc1)C(=O)N3C(C)(C)C=C2C. The molecule has 6 heteroatoms. The van der Waals surface area contributed by atoms with E-state index in [1.54, 1.807) is 4.90 Å². The van der Waals surface area contributed by atoms with E-state index in [2.05, 4.69) is 52.8 Å². The minimum Gasteiger partial charge on any atom is -0.494 e. The number of rotatable bonds is 4. The maximum absolute atomic E-state index is 14.3. The summed E-state index contributed by atoms with van der Waals surface area (Å²) in [5.74, 6) is 1.25. The summed E-state index contributed by atoms with van der Waals surface area (Å²) in [4.78, 5) is 30.1.